The van der Waals surface area contributed by atoms with Gasteiger partial charge in [-0.2, -0.15) is 16.7 Å². The van der Waals surface area contributed by atoms with Crippen molar-refractivity contribution in [3.63, 3.8) is 0 Å². The lowest BCUT2D eigenvalue weighted by atomic mass is 9.97. The molecule has 7 nitrogen and oxygen atoms in total. The summed E-state index contributed by atoms with van der Waals surface area (Å²) in [5.74, 6) is 2.65. The van der Waals surface area contributed by atoms with Crippen molar-refractivity contribution in [3.05, 3.63) is 11.7 Å². The van der Waals surface area contributed by atoms with Crippen molar-refractivity contribution in [2.24, 2.45) is 0 Å². The number of thioether (sulfide) groups is 1. The van der Waals surface area contributed by atoms with Crippen LogP contribution < -0.4 is 0 Å². The first-order valence-electron chi connectivity index (χ1n) is 8.54. The highest BCUT2D eigenvalue weighted by Gasteiger charge is 2.30. The Kier molecular flexibility index (Phi) is 5.76. The van der Waals surface area contributed by atoms with E-state index in [1.54, 1.807) is 11.8 Å². The van der Waals surface area contributed by atoms with Gasteiger partial charge in [0.05, 0.1) is 11.7 Å². The zero-order chi connectivity index (χ0) is 16.9. The van der Waals surface area contributed by atoms with Crippen molar-refractivity contribution < 1.29 is 14.1 Å². The van der Waals surface area contributed by atoms with Gasteiger partial charge >= 0.3 is 0 Å². The van der Waals surface area contributed by atoms with Crippen LogP contribution in [0.4, 0.5) is 0 Å². The van der Waals surface area contributed by atoms with Gasteiger partial charge in [0.25, 0.3) is 0 Å². The summed E-state index contributed by atoms with van der Waals surface area (Å²) in [6.45, 7) is 2.92. The van der Waals surface area contributed by atoms with Crippen LogP contribution in [-0.2, 0) is 15.3 Å². The summed E-state index contributed by atoms with van der Waals surface area (Å²) < 4.78 is 5.37. The van der Waals surface area contributed by atoms with Crippen LogP contribution in [0.1, 0.15) is 49.7 Å². The number of carbonyl (C=O) groups is 2. The van der Waals surface area contributed by atoms with Gasteiger partial charge in [-0.1, -0.05) is 5.16 Å². The number of nitrogens with zero attached hydrogens (tertiary/aromatic N) is 4. The summed E-state index contributed by atoms with van der Waals surface area (Å²) in [6, 6.07) is 0. The summed E-state index contributed by atoms with van der Waals surface area (Å²) in [5, 5.41) is 3.99. The Morgan fingerprint density at radius 2 is 2.00 bits per heavy atom. The molecule has 2 aliphatic rings. The molecule has 0 saturated carbocycles. The number of likely N-dealkylation sites (tertiary alicyclic amines) is 2. The predicted octanol–water partition coefficient (Wildman–Crippen LogP) is 1.65. The summed E-state index contributed by atoms with van der Waals surface area (Å²) in [4.78, 5) is 32.0. The first kappa shape index (κ1) is 17.3. The second-order valence-electron chi connectivity index (χ2n) is 6.40. The summed E-state index contributed by atoms with van der Waals surface area (Å²) >= 11 is 1.66. The van der Waals surface area contributed by atoms with Gasteiger partial charge in [0, 0.05) is 39.0 Å². The lowest BCUT2D eigenvalue weighted by Crippen LogP contribution is -2.40. The van der Waals surface area contributed by atoms with Crippen molar-refractivity contribution in [2.45, 2.75) is 43.8 Å². The van der Waals surface area contributed by atoms with E-state index in [4.69, 9.17) is 4.52 Å². The molecular weight excluding hydrogens is 328 g/mol. The molecule has 2 amide bonds. The lowest BCUT2D eigenvalue weighted by molar-refractivity contribution is -0.134. The molecular formula is C16H24N4O3S. The largest absolute Gasteiger partial charge is 0.343 e. The van der Waals surface area contributed by atoms with Crippen LogP contribution in [0.15, 0.2) is 4.52 Å². The fourth-order valence-electron chi connectivity index (χ4n) is 3.35. The number of carbonyl (C=O) groups excluding carboxylic acids is 2. The minimum atomic E-state index is 0.124. The van der Waals surface area contributed by atoms with E-state index in [1.807, 2.05) is 16.1 Å². The van der Waals surface area contributed by atoms with Gasteiger partial charge in [-0.3, -0.25) is 9.59 Å². The lowest BCUT2D eigenvalue weighted by Gasteiger charge is -2.31. The summed E-state index contributed by atoms with van der Waals surface area (Å²) in [7, 11) is 0. The Hall–Kier alpha value is -1.57. The number of amides is 2. The average molecular weight is 352 g/mol. The van der Waals surface area contributed by atoms with Gasteiger partial charge in [-0.25, -0.2) is 0 Å². The van der Waals surface area contributed by atoms with E-state index in [-0.39, 0.29) is 17.7 Å². The first-order chi connectivity index (χ1) is 11.7. The maximum Gasteiger partial charge on any atom is 0.231 e. The highest BCUT2D eigenvalue weighted by molar-refractivity contribution is 7.97. The Labute approximate surface area is 146 Å². The zero-order valence-corrected chi connectivity index (χ0v) is 14.9. The van der Waals surface area contributed by atoms with Gasteiger partial charge in [0.15, 0.2) is 5.82 Å². The van der Waals surface area contributed by atoms with Crippen LogP contribution in [-0.4, -0.2) is 64.2 Å². The fraction of sp³-hybridized carbons (Fsp3) is 0.750. The van der Waals surface area contributed by atoms with Crippen LogP contribution in [0.3, 0.4) is 0 Å². The minimum absolute atomic E-state index is 0.124. The molecule has 132 valence electrons. The van der Waals surface area contributed by atoms with Gasteiger partial charge in [-0.15, -0.1) is 0 Å². The summed E-state index contributed by atoms with van der Waals surface area (Å²) in [6.07, 6.45) is 5.74. The summed E-state index contributed by atoms with van der Waals surface area (Å²) in [5.41, 5.74) is 0. The molecule has 1 aromatic heterocycles. The van der Waals surface area contributed by atoms with Crippen LogP contribution >= 0.6 is 11.8 Å². The molecule has 0 bridgehead atoms. The molecule has 0 aromatic carbocycles. The molecule has 1 unspecified atom stereocenters. The van der Waals surface area contributed by atoms with Crippen molar-refractivity contribution in [1.82, 2.24) is 19.9 Å². The Morgan fingerprint density at radius 3 is 2.75 bits per heavy atom. The molecule has 0 spiro atoms. The molecule has 0 aliphatic carbocycles. The van der Waals surface area contributed by atoms with E-state index in [9.17, 15) is 9.59 Å². The third kappa shape index (κ3) is 4.09. The highest BCUT2D eigenvalue weighted by Crippen LogP contribution is 2.27. The Balaban J connectivity index is 1.51. The quantitative estimate of drug-likeness (QED) is 0.742. The predicted molar refractivity (Wildman–Crippen MR) is 90.5 cm³/mol. The number of rotatable bonds is 7. The zero-order valence-electron chi connectivity index (χ0n) is 14.1. The van der Waals surface area contributed by atoms with Gasteiger partial charge in [-0.05, 0) is 25.5 Å². The van der Waals surface area contributed by atoms with Crippen LogP contribution in [0.2, 0.25) is 0 Å². The Morgan fingerprint density at radius 1 is 1.21 bits per heavy atom. The third-order valence-corrected chi connectivity index (χ3v) is 5.18. The maximum absolute atomic E-state index is 12.1. The van der Waals surface area contributed by atoms with Gasteiger partial charge in [0.2, 0.25) is 17.7 Å². The topological polar surface area (TPSA) is 79.5 Å². The molecule has 1 aromatic rings. The first-order valence-corrected chi connectivity index (χ1v) is 9.93. The molecule has 3 heterocycles. The second kappa shape index (κ2) is 8.00. The van der Waals surface area contributed by atoms with E-state index in [1.165, 1.54) is 0 Å². The van der Waals surface area contributed by atoms with Crippen molar-refractivity contribution >= 4 is 23.6 Å². The highest BCUT2D eigenvalue weighted by atomic mass is 32.2. The van der Waals surface area contributed by atoms with E-state index in [2.05, 4.69) is 10.1 Å². The number of aromatic nitrogens is 2. The molecule has 2 fully saturated rings. The minimum Gasteiger partial charge on any atom is -0.343 e. The van der Waals surface area contributed by atoms with Crippen molar-refractivity contribution in [3.8, 4) is 0 Å². The molecule has 3 rings (SSSR count). The van der Waals surface area contributed by atoms with Crippen molar-refractivity contribution in [2.75, 3.05) is 32.4 Å². The van der Waals surface area contributed by atoms with Gasteiger partial charge < -0.3 is 14.3 Å². The van der Waals surface area contributed by atoms with Crippen molar-refractivity contribution in [1.29, 1.82) is 0 Å². The SMILES string of the molecule is CSCc1noc(C2CCC(=O)N(CCCN3CCCC3=O)C2)n1. The smallest absolute Gasteiger partial charge is 0.231 e. The normalized spacial score (nSPS) is 21.8. The standard InChI is InChI=1S/C16H24N4O3S/c1-24-11-13-17-16(23-18-13)12-5-6-15(22)20(10-12)9-3-8-19-7-2-4-14(19)21/h12H,2-11H2,1H3. The van der Waals surface area contributed by atoms with E-state index in [0.717, 1.165) is 38.1 Å². The number of hydrogen-bond donors (Lipinski definition) is 0. The Bertz CT molecular complexity index is 592. The van der Waals surface area contributed by atoms with Gasteiger partial charge in [0.1, 0.15) is 0 Å². The molecule has 0 N–H and O–H groups in total. The molecule has 2 aliphatic heterocycles. The van der Waals surface area contributed by atoms with Crippen LogP contribution in [0, 0.1) is 0 Å². The second-order valence-corrected chi connectivity index (χ2v) is 7.26. The third-order valence-electron chi connectivity index (χ3n) is 4.63. The van der Waals surface area contributed by atoms with E-state index < -0.39 is 0 Å². The fourth-order valence-corrected chi connectivity index (χ4v) is 3.72. The molecule has 0 radical (unpaired) electrons. The molecule has 8 heteroatoms. The maximum atomic E-state index is 12.1. The molecule has 2 saturated heterocycles. The molecule has 1 atom stereocenters. The monoisotopic (exact) mass is 352 g/mol. The average Bonchev–Trinajstić information content (AvgIpc) is 3.19. The number of piperidine rings is 1. The molecule has 24 heavy (non-hydrogen) atoms. The number of hydrogen-bond acceptors (Lipinski definition) is 6. The van der Waals surface area contributed by atoms with E-state index in [0.29, 0.717) is 37.6 Å². The van der Waals surface area contributed by atoms with E-state index >= 15 is 0 Å². The van der Waals surface area contributed by atoms with Crippen LogP contribution in [0.5, 0.6) is 0 Å². The van der Waals surface area contributed by atoms with Crippen LogP contribution in [0.25, 0.3) is 0 Å².